The molecule has 2 aromatic rings. The molecule has 8 heteroatoms. The minimum Gasteiger partial charge on any atom is -0.478 e. The molecule has 0 unspecified atom stereocenters. The van der Waals surface area contributed by atoms with Crippen molar-refractivity contribution < 1.29 is 14.8 Å². The van der Waals surface area contributed by atoms with Gasteiger partial charge in [-0.15, -0.1) is 0 Å². The van der Waals surface area contributed by atoms with Gasteiger partial charge in [-0.3, -0.25) is 15.1 Å². The predicted molar refractivity (Wildman–Crippen MR) is 74.2 cm³/mol. The summed E-state index contributed by atoms with van der Waals surface area (Å²) in [4.78, 5) is 29.0. The van der Waals surface area contributed by atoms with Crippen LogP contribution in [0.1, 0.15) is 21.6 Å². The molecule has 0 saturated heterocycles. The van der Waals surface area contributed by atoms with Gasteiger partial charge in [0.1, 0.15) is 12.0 Å². The van der Waals surface area contributed by atoms with Crippen LogP contribution in [0.15, 0.2) is 30.6 Å². The van der Waals surface area contributed by atoms with Crippen molar-refractivity contribution in [1.29, 1.82) is 0 Å². The second-order valence-electron chi connectivity index (χ2n) is 4.31. The third-order valence-corrected chi connectivity index (χ3v) is 2.79. The summed E-state index contributed by atoms with van der Waals surface area (Å²) in [6.45, 7) is 1.89. The number of aryl methyl sites for hydroxylation is 1. The van der Waals surface area contributed by atoms with Gasteiger partial charge in [0.15, 0.2) is 0 Å². The molecule has 0 radical (unpaired) electrons. The molecule has 0 aliphatic heterocycles. The molecule has 0 aromatic carbocycles. The molecule has 2 rings (SSSR count). The van der Waals surface area contributed by atoms with Crippen LogP contribution >= 0.6 is 0 Å². The SMILES string of the molecule is Cc1cc(NCc2cc(C(=O)O)ccn2)ncc1[N+](=O)[O-]. The highest BCUT2D eigenvalue weighted by Crippen LogP contribution is 2.19. The molecule has 0 fully saturated rings. The quantitative estimate of drug-likeness (QED) is 0.638. The van der Waals surface area contributed by atoms with E-state index in [1.54, 1.807) is 13.0 Å². The highest BCUT2D eigenvalue weighted by Gasteiger charge is 2.11. The number of aromatic nitrogens is 2. The van der Waals surface area contributed by atoms with Gasteiger partial charge in [-0.1, -0.05) is 0 Å². The van der Waals surface area contributed by atoms with Gasteiger partial charge in [-0.2, -0.15) is 0 Å². The second kappa shape index (κ2) is 5.95. The normalized spacial score (nSPS) is 10.1. The molecule has 0 spiro atoms. The number of hydrogen-bond donors (Lipinski definition) is 2. The minimum atomic E-state index is -1.03. The summed E-state index contributed by atoms with van der Waals surface area (Å²) in [5.41, 5.74) is 1.12. The fourth-order valence-electron chi connectivity index (χ4n) is 1.73. The monoisotopic (exact) mass is 288 g/mol. The maximum atomic E-state index is 10.8. The lowest BCUT2D eigenvalue weighted by atomic mass is 10.2. The molecular formula is C13H12N4O4. The van der Waals surface area contributed by atoms with Crippen molar-refractivity contribution in [2.75, 3.05) is 5.32 Å². The van der Waals surface area contributed by atoms with E-state index in [9.17, 15) is 14.9 Å². The van der Waals surface area contributed by atoms with Gasteiger partial charge in [0.25, 0.3) is 5.69 Å². The van der Waals surface area contributed by atoms with Crippen LogP contribution in [0.2, 0.25) is 0 Å². The average Bonchev–Trinajstić information content (AvgIpc) is 2.45. The van der Waals surface area contributed by atoms with E-state index < -0.39 is 10.9 Å². The van der Waals surface area contributed by atoms with E-state index in [2.05, 4.69) is 15.3 Å². The first-order valence-electron chi connectivity index (χ1n) is 6.00. The van der Waals surface area contributed by atoms with Gasteiger partial charge in [-0.05, 0) is 25.1 Å². The van der Waals surface area contributed by atoms with Gasteiger partial charge in [0, 0.05) is 11.8 Å². The number of nitrogens with one attached hydrogen (secondary N) is 1. The lowest BCUT2D eigenvalue weighted by molar-refractivity contribution is -0.385. The zero-order valence-electron chi connectivity index (χ0n) is 11.1. The van der Waals surface area contributed by atoms with Gasteiger partial charge in [0.05, 0.1) is 22.7 Å². The van der Waals surface area contributed by atoms with Crippen LogP contribution in [-0.2, 0) is 6.54 Å². The van der Waals surface area contributed by atoms with Gasteiger partial charge < -0.3 is 10.4 Å². The Bertz CT molecular complexity index is 702. The topological polar surface area (TPSA) is 118 Å². The molecule has 0 saturated carbocycles. The number of nitrogens with zero attached hydrogens (tertiary/aromatic N) is 3. The molecule has 8 nitrogen and oxygen atoms in total. The molecule has 0 aliphatic carbocycles. The zero-order chi connectivity index (χ0) is 15.4. The molecule has 0 aliphatic rings. The Balaban J connectivity index is 2.10. The van der Waals surface area contributed by atoms with Crippen molar-refractivity contribution in [1.82, 2.24) is 9.97 Å². The van der Waals surface area contributed by atoms with Crippen molar-refractivity contribution in [3.8, 4) is 0 Å². The standard InChI is InChI=1S/C13H12N4O4/c1-8-4-12(16-7-11(8)17(20)21)15-6-10-5-9(13(18)19)2-3-14-10/h2-5,7H,6H2,1H3,(H,15,16)(H,18,19). The van der Waals surface area contributed by atoms with Crippen molar-refractivity contribution in [3.63, 3.8) is 0 Å². The van der Waals surface area contributed by atoms with Crippen LogP contribution in [0, 0.1) is 17.0 Å². The Morgan fingerprint density at radius 2 is 2.19 bits per heavy atom. The van der Waals surface area contributed by atoms with Crippen LogP contribution in [0.25, 0.3) is 0 Å². The smallest absolute Gasteiger partial charge is 0.335 e. The number of anilines is 1. The largest absolute Gasteiger partial charge is 0.478 e. The van der Waals surface area contributed by atoms with Gasteiger partial charge in [0.2, 0.25) is 0 Å². The Hall–Kier alpha value is -3.03. The summed E-state index contributed by atoms with van der Waals surface area (Å²) in [6.07, 6.45) is 2.59. The van der Waals surface area contributed by atoms with Crippen LogP contribution < -0.4 is 5.32 Å². The number of aromatic carboxylic acids is 1. The van der Waals surface area contributed by atoms with E-state index in [0.29, 0.717) is 17.1 Å². The fraction of sp³-hybridized carbons (Fsp3) is 0.154. The minimum absolute atomic E-state index is 0.0495. The third kappa shape index (κ3) is 3.50. The lowest BCUT2D eigenvalue weighted by Gasteiger charge is -2.06. The summed E-state index contributed by atoms with van der Waals surface area (Å²) < 4.78 is 0. The number of hydrogen-bond acceptors (Lipinski definition) is 6. The molecule has 0 amide bonds. The average molecular weight is 288 g/mol. The van der Waals surface area contributed by atoms with Crippen LogP contribution in [0.4, 0.5) is 11.5 Å². The van der Waals surface area contributed by atoms with Crippen molar-refractivity contribution in [2.45, 2.75) is 13.5 Å². The Morgan fingerprint density at radius 3 is 2.81 bits per heavy atom. The first-order valence-corrected chi connectivity index (χ1v) is 6.00. The van der Waals surface area contributed by atoms with Gasteiger partial charge >= 0.3 is 5.97 Å². The Kier molecular flexibility index (Phi) is 4.07. The molecule has 0 atom stereocenters. The van der Waals surface area contributed by atoms with Crippen molar-refractivity contribution in [3.05, 3.63) is 57.5 Å². The second-order valence-corrected chi connectivity index (χ2v) is 4.31. The fourth-order valence-corrected chi connectivity index (χ4v) is 1.73. The van der Waals surface area contributed by atoms with Crippen LogP contribution in [0.5, 0.6) is 0 Å². The van der Waals surface area contributed by atoms with E-state index in [-0.39, 0.29) is 17.8 Å². The van der Waals surface area contributed by atoms with E-state index in [4.69, 9.17) is 5.11 Å². The summed E-state index contributed by atoms with van der Waals surface area (Å²) in [5, 5.41) is 22.5. The van der Waals surface area contributed by atoms with E-state index >= 15 is 0 Å². The number of nitro groups is 1. The zero-order valence-corrected chi connectivity index (χ0v) is 11.1. The van der Waals surface area contributed by atoms with E-state index in [0.717, 1.165) is 0 Å². The summed E-state index contributed by atoms with van der Waals surface area (Å²) in [7, 11) is 0. The third-order valence-electron chi connectivity index (χ3n) is 2.79. The van der Waals surface area contributed by atoms with E-state index in [1.165, 1.54) is 24.5 Å². The molecule has 21 heavy (non-hydrogen) atoms. The molecule has 2 N–H and O–H groups in total. The molecule has 2 aromatic heterocycles. The van der Waals surface area contributed by atoms with Gasteiger partial charge in [-0.25, -0.2) is 9.78 Å². The summed E-state index contributed by atoms with van der Waals surface area (Å²) in [6, 6.07) is 4.41. The Labute approximate surface area is 119 Å². The molecule has 2 heterocycles. The Morgan fingerprint density at radius 1 is 1.43 bits per heavy atom. The predicted octanol–water partition coefficient (Wildman–Crippen LogP) is 2.00. The first kappa shape index (κ1) is 14.4. The van der Waals surface area contributed by atoms with Crippen molar-refractivity contribution >= 4 is 17.5 Å². The summed E-state index contributed by atoms with van der Waals surface area (Å²) >= 11 is 0. The lowest BCUT2D eigenvalue weighted by Crippen LogP contribution is -2.06. The number of carboxylic acid groups (broad SMARTS) is 1. The number of pyridine rings is 2. The molecular weight excluding hydrogens is 276 g/mol. The summed E-state index contributed by atoms with van der Waals surface area (Å²) in [5.74, 6) is -0.566. The van der Waals surface area contributed by atoms with Crippen molar-refractivity contribution in [2.24, 2.45) is 0 Å². The van der Waals surface area contributed by atoms with Crippen LogP contribution in [-0.4, -0.2) is 26.0 Å². The first-order chi connectivity index (χ1) is 9.97. The molecule has 108 valence electrons. The highest BCUT2D eigenvalue weighted by molar-refractivity contribution is 5.87. The molecule has 0 bridgehead atoms. The maximum absolute atomic E-state index is 10.8. The maximum Gasteiger partial charge on any atom is 0.335 e. The number of rotatable bonds is 5. The van der Waals surface area contributed by atoms with E-state index in [1.807, 2.05) is 0 Å². The number of carboxylic acids is 1. The number of carbonyl (C=O) groups is 1. The van der Waals surface area contributed by atoms with Crippen LogP contribution in [0.3, 0.4) is 0 Å². The highest BCUT2D eigenvalue weighted by atomic mass is 16.6.